The smallest absolute Gasteiger partial charge is 0.273 e. The van der Waals surface area contributed by atoms with E-state index < -0.39 is 0 Å². The summed E-state index contributed by atoms with van der Waals surface area (Å²) in [5.74, 6) is 0.821. The molecular weight excluding hydrogens is 302 g/mol. The quantitative estimate of drug-likeness (QED) is 0.859. The summed E-state index contributed by atoms with van der Waals surface area (Å²) in [6.07, 6.45) is 5.97. The second kappa shape index (κ2) is 6.83. The Morgan fingerprint density at radius 1 is 1.29 bits per heavy atom. The molecule has 0 spiro atoms. The Labute approximate surface area is 143 Å². The van der Waals surface area contributed by atoms with Gasteiger partial charge in [-0.2, -0.15) is 0 Å². The lowest BCUT2D eigenvalue weighted by Crippen LogP contribution is -2.48. The van der Waals surface area contributed by atoms with Crippen LogP contribution in [0.1, 0.15) is 63.1 Å². The molecule has 5 heteroatoms. The third-order valence-electron chi connectivity index (χ3n) is 4.95. The lowest BCUT2D eigenvalue weighted by Gasteiger charge is -2.39. The average molecular weight is 329 g/mol. The maximum atomic E-state index is 13.4. The zero-order valence-corrected chi connectivity index (χ0v) is 15.1. The van der Waals surface area contributed by atoms with Gasteiger partial charge in [0.2, 0.25) is 0 Å². The van der Waals surface area contributed by atoms with Crippen LogP contribution in [0.15, 0.2) is 18.3 Å². The van der Waals surface area contributed by atoms with Crippen LogP contribution in [0.4, 0.5) is 0 Å². The summed E-state index contributed by atoms with van der Waals surface area (Å²) < 4.78 is 7.59. The van der Waals surface area contributed by atoms with Crippen molar-refractivity contribution in [3.05, 3.63) is 29.7 Å². The number of fused-ring (bicyclic) bond motifs is 1. The molecule has 2 aromatic heterocycles. The van der Waals surface area contributed by atoms with Gasteiger partial charge in [0, 0.05) is 18.3 Å². The van der Waals surface area contributed by atoms with Crippen LogP contribution in [0.5, 0.6) is 5.75 Å². The van der Waals surface area contributed by atoms with Crippen molar-refractivity contribution in [3.8, 4) is 5.75 Å². The zero-order valence-electron chi connectivity index (χ0n) is 15.1. The Morgan fingerprint density at radius 2 is 2.00 bits per heavy atom. The average Bonchev–Trinajstić information content (AvgIpc) is 2.94. The van der Waals surface area contributed by atoms with Crippen LogP contribution in [0, 0.1) is 0 Å². The number of ether oxygens (including phenoxy) is 1. The minimum atomic E-state index is 0.0905. The number of carbonyl (C=O) groups excluding carboxylic acids is 1. The molecule has 0 N–H and O–H groups in total. The van der Waals surface area contributed by atoms with Crippen molar-refractivity contribution in [2.75, 3.05) is 6.61 Å². The highest BCUT2D eigenvalue weighted by Gasteiger charge is 2.33. The maximum Gasteiger partial charge on any atom is 0.273 e. The van der Waals surface area contributed by atoms with Gasteiger partial charge in [0.25, 0.3) is 5.91 Å². The largest absolute Gasteiger partial charge is 0.490 e. The first-order valence-electron chi connectivity index (χ1n) is 9.03. The molecule has 130 valence electrons. The van der Waals surface area contributed by atoms with E-state index >= 15 is 0 Å². The van der Waals surface area contributed by atoms with Crippen LogP contribution in [0.3, 0.4) is 0 Å². The Morgan fingerprint density at radius 3 is 2.62 bits per heavy atom. The number of pyridine rings is 1. The number of hydrogen-bond acceptors (Lipinski definition) is 3. The number of rotatable bonds is 4. The molecule has 3 heterocycles. The van der Waals surface area contributed by atoms with E-state index in [0.29, 0.717) is 12.3 Å². The Hall–Kier alpha value is -2.04. The highest BCUT2D eigenvalue weighted by atomic mass is 16.5. The number of piperidine rings is 1. The van der Waals surface area contributed by atoms with Crippen molar-refractivity contribution < 1.29 is 9.53 Å². The molecule has 2 atom stereocenters. The Balaban J connectivity index is 2.10. The lowest BCUT2D eigenvalue weighted by atomic mass is 9.97. The van der Waals surface area contributed by atoms with Gasteiger partial charge < -0.3 is 9.64 Å². The second-order valence-electron chi connectivity index (χ2n) is 6.60. The maximum absolute atomic E-state index is 13.4. The van der Waals surface area contributed by atoms with Gasteiger partial charge in [-0.25, -0.2) is 4.98 Å². The summed E-state index contributed by atoms with van der Waals surface area (Å²) >= 11 is 0. The van der Waals surface area contributed by atoms with Crippen LogP contribution < -0.4 is 4.74 Å². The normalized spacial score (nSPS) is 21.2. The van der Waals surface area contributed by atoms with Gasteiger partial charge >= 0.3 is 0 Å². The molecule has 5 nitrogen and oxygen atoms in total. The van der Waals surface area contributed by atoms with E-state index in [2.05, 4.69) is 13.8 Å². The van der Waals surface area contributed by atoms with Gasteiger partial charge in [-0.15, -0.1) is 0 Å². The first-order chi connectivity index (χ1) is 11.6. The lowest BCUT2D eigenvalue weighted by molar-refractivity contribution is 0.0502. The summed E-state index contributed by atoms with van der Waals surface area (Å²) in [6, 6.07) is 4.36. The van der Waals surface area contributed by atoms with Crippen LogP contribution in [-0.4, -0.2) is 38.9 Å². The molecule has 3 rings (SSSR count). The molecule has 2 unspecified atom stereocenters. The van der Waals surface area contributed by atoms with E-state index in [0.717, 1.165) is 36.4 Å². The van der Waals surface area contributed by atoms with E-state index in [1.165, 1.54) is 6.42 Å². The van der Waals surface area contributed by atoms with E-state index in [4.69, 9.17) is 9.72 Å². The van der Waals surface area contributed by atoms with Gasteiger partial charge in [0.05, 0.1) is 12.3 Å². The molecular formula is C19H27N3O2. The molecule has 2 aromatic rings. The molecule has 24 heavy (non-hydrogen) atoms. The zero-order chi connectivity index (χ0) is 17.3. The van der Waals surface area contributed by atoms with Gasteiger partial charge in [-0.1, -0.05) is 6.92 Å². The molecule has 1 fully saturated rings. The van der Waals surface area contributed by atoms with Crippen molar-refractivity contribution >= 4 is 11.6 Å². The third kappa shape index (κ3) is 2.76. The Kier molecular flexibility index (Phi) is 4.78. The first-order valence-corrected chi connectivity index (χ1v) is 9.03. The fourth-order valence-corrected chi connectivity index (χ4v) is 3.77. The molecule has 0 aromatic carbocycles. The number of nitrogens with zero attached hydrogens (tertiary/aromatic N) is 3. The number of hydrogen-bond donors (Lipinski definition) is 0. The van der Waals surface area contributed by atoms with E-state index in [-0.39, 0.29) is 18.0 Å². The van der Waals surface area contributed by atoms with Crippen LogP contribution in [-0.2, 0) is 6.42 Å². The Bertz CT molecular complexity index is 728. The third-order valence-corrected chi connectivity index (χ3v) is 4.95. The predicted octanol–water partition coefficient (Wildman–Crippen LogP) is 3.70. The second-order valence-corrected chi connectivity index (χ2v) is 6.60. The van der Waals surface area contributed by atoms with E-state index in [1.54, 1.807) is 0 Å². The predicted molar refractivity (Wildman–Crippen MR) is 94.7 cm³/mol. The fraction of sp³-hybridized carbons (Fsp3) is 0.579. The SMILES string of the molecule is CCOc1cccn2c(C(=O)N3C(C)CCCC3C)c(CC)nc12. The van der Waals surface area contributed by atoms with Crippen LogP contribution >= 0.6 is 0 Å². The van der Waals surface area contributed by atoms with E-state index in [9.17, 15) is 4.79 Å². The van der Waals surface area contributed by atoms with Crippen LogP contribution in [0.25, 0.3) is 5.65 Å². The summed E-state index contributed by atoms with van der Waals surface area (Å²) in [7, 11) is 0. The molecule has 0 bridgehead atoms. The summed E-state index contributed by atoms with van der Waals surface area (Å²) in [4.78, 5) is 20.1. The highest BCUT2D eigenvalue weighted by molar-refractivity contribution is 5.95. The molecule has 1 amide bonds. The number of amides is 1. The molecule has 0 saturated carbocycles. The highest BCUT2D eigenvalue weighted by Crippen LogP contribution is 2.28. The number of carbonyl (C=O) groups is 1. The molecule has 0 aliphatic carbocycles. The van der Waals surface area contributed by atoms with Crippen molar-refractivity contribution in [2.24, 2.45) is 0 Å². The van der Waals surface area contributed by atoms with Crippen molar-refractivity contribution in [2.45, 2.75) is 65.5 Å². The number of aryl methyl sites for hydroxylation is 1. The minimum Gasteiger partial charge on any atom is -0.490 e. The standard InChI is InChI=1S/C19H27N3O2/c1-5-15-17(19(23)22-13(3)9-7-10-14(22)4)21-12-8-11-16(24-6-2)18(21)20-15/h8,11-14H,5-7,9-10H2,1-4H3. The molecule has 1 aliphatic rings. The van der Waals surface area contributed by atoms with Gasteiger partial charge in [-0.3, -0.25) is 9.20 Å². The fourth-order valence-electron chi connectivity index (χ4n) is 3.77. The van der Waals surface area contributed by atoms with Gasteiger partial charge in [0.15, 0.2) is 11.4 Å². The number of imidazole rings is 1. The van der Waals surface area contributed by atoms with Crippen molar-refractivity contribution in [3.63, 3.8) is 0 Å². The molecule has 1 saturated heterocycles. The molecule has 1 aliphatic heterocycles. The van der Waals surface area contributed by atoms with Crippen LogP contribution in [0.2, 0.25) is 0 Å². The summed E-state index contributed by atoms with van der Waals surface area (Å²) in [6.45, 7) is 8.87. The molecule has 0 radical (unpaired) electrons. The van der Waals surface area contributed by atoms with Gasteiger partial charge in [0.1, 0.15) is 5.69 Å². The minimum absolute atomic E-state index is 0.0905. The van der Waals surface area contributed by atoms with Gasteiger partial charge in [-0.05, 0) is 58.6 Å². The topological polar surface area (TPSA) is 46.8 Å². The summed E-state index contributed by atoms with van der Waals surface area (Å²) in [5.41, 5.74) is 2.27. The summed E-state index contributed by atoms with van der Waals surface area (Å²) in [5, 5.41) is 0. The first kappa shape index (κ1) is 16.8. The van der Waals surface area contributed by atoms with Crippen molar-refractivity contribution in [1.29, 1.82) is 0 Å². The van der Waals surface area contributed by atoms with Crippen molar-refractivity contribution in [1.82, 2.24) is 14.3 Å². The number of aromatic nitrogens is 2. The number of likely N-dealkylation sites (tertiary alicyclic amines) is 1. The monoisotopic (exact) mass is 329 g/mol. The van der Waals surface area contributed by atoms with E-state index in [1.807, 2.05) is 41.5 Å².